The number of rotatable bonds is 4. The topological polar surface area (TPSA) is 6.48 Å². The Morgan fingerprint density at radius 3 is 1.72 bits per heavy atom. The summed E-state index contributed by atoms with van der Waals surface area (Å²) in [6.45, 7) is 6.55. The van der Waals surface area contributed by atoms with E-state index in [9.17, 15) is 0 Å². The fraction of sp³-hybridized carbons (Fsp3) is 1.00. The van der Waals surface area contributed by atoms with Crippen LogP contribution in [0.25, 0.3) is 0 Å². The Morgan fingerprint density at radius 2 is 1.39 bits per heavy atom. The molecule has 0 bridgehead atoms. The van der Waals surface area contributed by atoms with Crippen LogP contribution in [0, 0.1) is 0 Å². The van der Waals surface area contributed by atoms with Gasteiger partial charge in [0.05, 0.1) is 26.6 Å². The third-order valence-electron chi connectivity index (χ3n) is 2.63. The maximum atomic E-state index is 6.55. The molecule has 2 nitrogen and oxygen atoms in total. The lowest BCUT2D eigenvalue weighted by atomic mass is 10.5. The molecule has 18 heavy (non-hydrogen) atoms. The second kappa shape index (κ2) is 9.79. The lowest BCUT2D eigenvalue weighted by Gasteiger charge is -2.26. The van der Waals surface area contributed by atoms with E-state index in [1.165, 1.54) is 0 Å². The predicted octanol–water partition coefficient (Wildman–Crippen LogP) is 4.52. The third kappa shape index (κ3) is 6.14. The molecule has 0 amide bonds. The number of halogens is 2. The predicted molar refractivity (Wildman–Crippen MR) is 93.7 cm³/mol. The lowest BCUT2D eigenvalue weighted by Crippen LogP contribution is -2.27. The summed E-state index contributed by atoms with van der Waals surface area (Å²) >= 11 is 18.7. The second-order valence-corrected chi connectivity index (χ2v) is 12.8. The van der Waals surface area contributed by atoms with E-state index in [-0.39, 0.29) is 9.45 Å². The van der Waals surface area contributed by atoms with Gasteiger partial charge in [-0.25, -0.2) is 0 Å². The van der Waals surface area contributed by atoms with Crippen LogP contribution in [0.5, 0.6) is 0 Å². The molecule has 2 unspecified atom stereocenters. The first-order valence-electron chi connectivity index (χ1n) is 6.29. The highest BCUT2D eigenvalue weighted by Gasteiger charge is 2.24. The molecule has 8 heteroatoms. The molecule has 1 fully saturated rings. The minimum atomic E-state index is -0.552. The van der Waals surface area contributed by atoms with Gasteiger partial charge in [0.25, 0.3) is 0 Å². The molecule has 0 aromatic carbocycles. The molecule has 0 aliphatic carbocycles. The van der Waals surface area contributed by atoms with Gasteiger partial charge in [0.15, 0.2) is 0 Å². The van der Waals surface area contributed by atoms with Gasteiger partial charge in [-0.15, -0.1) is 0 Å². The summed E-state index contributed by atoms with van der Waals surface area (Å²) in [5.74, 6) is 1.94. The van der Waals surface area contributed by atoms with E-state index in [4.69, 9.17) is 33.7 Å². The average Bonchev–Trinajstić information content (AvgIpc) is 2.37. The highest BCUT2D eigenvalue weighted by Crippen LogP contribution is 2.53. The van der Waals surface area contributed by atoms with Gasteiger partial charge in [-0.1, -0.05) is 45.8 Å². The zero-order valence-corrected chi connectivity index (χ0v) is 16.0. The van der Waals surface area contributed by atoms with Gasteiger partial charge in [-0.05, 0) is 24.0 Å². The van der Waals surface area contributed by atoms with Crippen molar-refractivity contribution in [3.8, 4) is 0 Å². The maximum absolute atomic E-state index is 6.55. The second-order valence-electron chi connectivity index (χ2n) is 4.28. The monoisotopic (exact) mass is 366 g/mol. The van der Waals surface area contributed by atoms with Crippen LogP contribution in [0.2, 0.25) is 0 Å². The molecule has 0 spiro atoms. The molecule has 0 aromatic heterocycles. The Bertz CT molecular complexity index is 250. The first-order chi connectivity index (χ1) is 8.58. The highest BCUT2D eigenvalue weighted by atomic mass is 35.7. The molecule has 108 valence electrons. The fourth-order valence-corrected chi connectivity index (χ4v) is 11.2. The van der Waals surface area contributed by atoms with E-state index >= 15 is 0 Å². The van der Waals surface area contributed by atoms with Crippen LogP contribution < -0.4 is 0 Å². The van der Waals surface area contributed by atoms with Gasteiger partial charge in [-0.2, -0.15) is 0 Å². The summed E-state index contributed by atoms with van der Waals surface area (Å²) in [4.78, 5) is 0. The van der Waals surface area contributed by atoms with Crippen molar-refractivity contribution in [1.29, 1.82) is 0 Å². The van der Waals surface area contributed by atoms with E-state index in [0.717, 1.165) is 50.0 Å². The van der Waals surface area contributed by atoms with Gasteiger partial charge < -0.3 is 0 Å². The molecule has 1 aliphatic rings. The Balaban J connectivity index is 2.69. The molecular formula is C10H22Cl2N2P2S2. The van der Waals surface area contributed by atoms with Crippen LogP contribution in [0.1, 0.15) is 26.7 Å². The molecule has 1 aliphatic heterocycles. The van der Waals surface area contributed by atoms with Crippen molar-refractivity contribution in [3.63, 3.8) is 0 Å². The molecule has 1 rings (SSSR count). The van der Waals surface area contributed by atoms with Crippen molar-refractivity contribution in [1.82, 2.24) is 9.34 Å². The minimum Gasteiger partial charge on any atom is -0.260 e. The third-order valence-corrected chi connectivity index (χ3v) is 10.6. The maximum Gasteiger partial charge on any atom is 0.0637 e. The van der Waals surface area contributed by atoms with Crippen LogP contribution in [0.15, 0.2) is 0 Å². The van der Waals surface area contributed by atoms with Crippen molar-refractivity contribution >= 4 is 58.0 Å². The summed E-state index contributed by atoms with van der Waals surface area (Å²) < 4.78 is 4.81. The van der Waals surface area contributed by atoms with E-state index in [0.29, 0.717) is 0 Å². The molecule has 0 N–H and O–H groups in total. The lowest BCUT2D eigenvalue weighted by molar-refractivity contribution is 0.516. The van der Waals surface area contributed by atoms with Crippen molar-refractivity contribution < 1.29 is 0 Å². The van der Waals surface area contributed by atoms with E-state index in [1.807, 2.05) is 0 Å². The number of nitrogens with zero attached hydrogens (tertiary/aromatic N) is 2. The average molecular weight is 367 g/mol. The Morgan fingerprint density at radius 1 is 1.00 bits per heavy atom. The van der Waals surface area contributed by atoms with Crippen LogP contribution in [0.3, 0.4) is 0 Å². The molecular weight excluding hydrogens is 345 g/mol. The Labute approximate surface area is 131 Å². The van der Waals surface area contributed by atoms with Crippen molar-refractivity contribution in [3.05, 3.63) is 0 Å². The van der Waals surface area contributed by atoms with Crippen LogP contribution >= 0.6 is 37.3 Å². The SMILES string of the molecule is CCCN1CS(=S)CN(CCC)P(Cl)CCP1Cl. The molecule has 0 aromatic rings. The summed E-state index contributed by atoms with van der Waals surface area (Å²) in [7, 11) is -1.14. The summed E-state index contributed by atoms with van der Waals surface area (Å²) in [5, 5.41) is 0. The minimum absolute atomic E-state index is 0.0356. The van der Waals surface area contributed by atoms with Crippen molar-refractivity contribution in [2.75, 3.05) is 37.2 Å². The van der Waals surface area contributed by atoms with E-state index in [1.54, 1.807) is 0 Å². The first-order valence-corrected chi connectivity index (χ1v) is 13.6. The summed E-state index contributed by atoms with van der Waals surface area (Å²) in [5.41, 5.74) is 0. The number of hydrogen-bond donors (Lipinski definition) is 0. The normalized spacial score (nSPS) is 32.8. The molecule has 1 heterocycles. The van der Waals surface area contributed by atoms with Crippen molar-refractivity contribution in [2.45, 2.75) is 26.7 Å². The quantitative estimate of drug-likeness (QED) is 0.675. The van der Waals surface area contributed by atoms with Crippen LogP contribution in [-0.4, -0.2) is 46.5 Å². The molecule has 0 saturated carbocycles. The van der Waals surface area contributed by atoms with Gasteiger partial charge >= 0.3 is 0 Å². The fourth-order valence-electron chi connectivity index (χ4n) is 1.81. The van der Waals surface area contributed by atoms with Gasteiger partial charge in [0, 0.05) is 25.4 Å². The summed E-state index contributed by atoms with van der Waals surface area (Å²) in [6.07, 6.45) is 4.37. The summed E-state index contributed by atoms with van der Waals surface area (Å²) in [6, 6.07) is 0. The molecule has 0 radical (unpaired) electrons. The number of hydrogen-bond acceptors (Lipinski definition) is 3. The standard InChI is InChI=1S/C10H22Cl2N2P2S2/c1-3-5-13-9-18(17)10-14(6-4-2)16(12)8-7-15(13)11/h3-10H2,1-2H3. The molecule has 1 saturated heterocycles. The first kappa shape index (κ1) is 18.0. The molecule has 2 atom stereocenters. The van der Waals surface area contributed by atoms with Crippen molar-refractivity contribution in [2.24, 2.45) is 0 Å². The Kier molecular flexibility index (Phi) is 9.78. The zero-order chi connectivity index (χ0) is 13.5. The largest absolute Gasteiger partial charge is 0.260 e. The van der Waals surface area contributed by atoms with E-state index < -0.39 is 14.9 Å². The Hall–Kier alpha value is 1.93. The highest BCUT2D eigenvalue weighted by molar-refractivity contribution is 8.29. The van der Waals surface area contributed by atoms with Crippen LogP contribution in [0.4, 0.5) is 0 Å². The smallest absolute Gasteiger partial charge is 0.0637 e. The van der Waals surface area contributed by atoms with Gasteiger partial charge in [-0.3, -0.25) is 9.34 Å². The van der Waals surface area contributed by atoms with Crippen LogP contribution in [-0.2, 0) is 20.6 Å². The van der Waals surface area contributed by atoms with Gasteiger partial charge in [0.2, 0.25) is 0 Å². The van der Waals surface area contributed by atoms with Gasteiger partial charge in [0.1, 0.15) is 0 Å². The zero-order valence-electron chi connectivity index (χ0n) is 11.0. The van der Waals surface area contributed by atoms with E-state index in [2.05, 4.69) is 23.2 Å².